The third kappa shape index (κ3) is 3.09. The molecule has 0 saturated heterocycles. The molecular weight excluding hydrogens is 392 g/mol. The first-order valence-electron chi connectivity index (χ1n) is 9.15. The molecule has 11 heteroatoms. The van der Waals surface area contributed by atoms with Crippen LogP contribution in [0.3, 0.4) is 0 Å². The number of carbonyl (C=O) groups excluding carboxylic acids is 1. The SMILES string of the molecule is Cn1cnc2c1c(=O)n(CCCOC(=O)c1n[nH]c(=O)c3ccccc13)c(=O)n2C. The Morgan fingerprint density at radius 2 is 1.87 bits per heavy atom. The van der Waals surface area contributed by atoms with Crippen LogP contribution in [0.15, 0.2) is 45.0 Å². The minimum Gasteiger partial charge on any atom is -0.461 e. The van der Waals surface area contributed by atoms with Crippen LogP contribution in [-0.4, -0.2) is 41.5 Å². The number of esters is 1. The van der Waals surface area contributed by atoms with Crippen LogP contribution in [0.2, 0.25) is 0 Å². The maximum absolute atomic E-state index is 12.6. The number of hydrogen-bond donors (Lipinski definition) is 1. The average molecular weight is 410 g/mol. The molecule has 154 valence electrons. The second-order valence-corrected chi connectivity index (χ2v) is 6.76. The summed E-state index contributed by atoms with van der Waals surface area (Å²) < 4.78 is 9.19. The topological polar surface area (TPSA) is 134 Å². The number of H-pyrrole nitrogens is 1. The zero-order chi connectivity index (χ0) is 21.4. The van der Waals surface area contributed by atoms with E-state index in [2.05, 4.69) is 15.2 Å². The minimum absolute atomic E-state index is 0.00501. The Labute approximate surface area is 168 Å². The quantitative estimate of drug-likeness (QED) is 0.359. The number of nitrogens with one attached hydrogen (secondary N) is 1. The Kier molecular flexibility index (Phi) is 4.78. The molecule has 1 N–H and O–H groups in total. The number of imidazole rings is 1. The third-order valence-electron chi connectivity index (χ3n) is 4.85. The second-order valence-electron chi connectivity index (χ2n) is 6.76. The fourth-order valence-electron chi connectivity index (χ4n) is 3.32. The number of aryl methyl sites for hydroxylation is 2. The second kappa shape index (κ2) is 7.43. The van der Waals surface area contributed by atoms with Gasteiger partial charge in [0, 0.05) is 26.0 Å². The van der Waals surface area contributed by atoms with Crippen LogP contribution in [0.1, 0.15) is 16.9 Å². The Bertz CT molecular complexity index is 1460. The molecule has 0 aliphatic carbocycles. The van der Waals surface area contributed by atoms with Crippen LogP contribution in [-0.2, 0) is 25.4 Å². The van der Waals surface area contributed by atoms with E-state index in [1.165, 1.54) is 10.9 Å². The van der Waals surface area contributed by atoms with E-state index in [4.69, 9.17) is 4.74 Å². The van der Waals surface area contributed by atoms with Crippen molar-refractivity contribution in [2.75, 3.05) is 6.61 Å². The molecular formula is C19H18N6O5. The Balaban J connectivity index is 1.50. The summed E-state index contributed by atoms with van der Waals surface area (Å²) in [5.74, 6) is -0.704. The van der Waals surface area contributed by atoms with E-state index in [-0.39, 0.29) is 25.3 Å². The van der Waals surface area contributed by atoms with Gasteiger partial charge in [0.05, 0.1) is 18.3 Å². The molecule has 4 aromatic rings. The van der Waals surface area contributed by atoms with Crippen LogP contribution in [0.25, 0.3) is 21.9 Å². The summed E-state index contributed by atoms with van der Waals surface area (Å²) in [5, 5.41) is 6.79. The lowest BCUT2D eigenvalue weighted by atomic mass is 10.1. The van der Waals surface area contributed by atoms with Gasteiger partial charge in [-0.25, -0.2) is 19.7 Å². The summed E-state index contributed by atoms with van der Waals surface area (Å²) in [4.78, 5) is 53.4. The van der Waals surface area contributed by atoms with Crippen molar-refractivity contribution < 1.29 is 9.53 Å². The van der Waals surface area contributed by atoms with E-state index in [1.54, 1.807) is 42.9 Å². The summed E-state index contributed by atoms with van der Waals surface area (Å²) in [6, 6.07) is 6.57. The molecule has 11 nitrogen and oxygen atoms in total. The van der Waals surface area contributed by atoms with Crippen molar-refractivity contribution in [1.29, 1.82) is 0 Å². The first kappa shape index (κ1) is 19.3. The van der Waals surface area contributed by atoms with Crippen LogP contribution < -0.4 is 16.8 Å². The van der Waals surface area contributed by atoms with Gasteiger partial charge in [-0.2, -0.15) is 5.10 Å². The molecule has 0 atom stereocenters. The standard InChI is InChI=1S/C19H18N6O5/c1-23-10-20-15-14(23)17(27)25(19(29)24(15)2)8-5-9-30-18(28)13-11-6-3-4-7-12(11)16(26)22-21-13/h3-4,6-7,10H,5,8-9H2,1-2H3,(H,22,26). The average Bonchev–Trinajstić information content (AvgIpc) is 3.13. The van der Waals surface area contributed by atoms with E-state index >= 15 is 0 Å². The zero-order valence-electron chi connectivity index (χ0n) is 16.3. The number of carbonyl (C=O) groups is 1. The van der Waals surface area contributed by atoms with Crippen molar-refractivity contribution in [3.8, 4) is 0 Å². The summed E-state index contributed by atoms with van der Waals surface area (Å²) in [6.45, 7) is 0.0344. The van der Waals surface area contributed by atoms with Gasteiger partial charge in [-0.1, -0.05) is 18.2 Å². The number of hydrogen-bond acceptors (Lipinski definition) is 7. The number of rotatable bonds is 5. The van der Waals surface area contributed by atoms with Crippen molar-refractivity contribution in [1.82, 2.24) is 28.9 Å². The van der Waals surface area contributed by atoms with Crippen LogP contribution in [0.4, 0.5) is 0 Å². The molecule has 0 amide bonds. The predicted molar refractivity (Wildman–Crippen MR) is 107 cm³/mol. The number of nitrogens with zero attached hydrogens (tertiary/aromatic N) is 5. The zero-order valence-corrected chi connectivity index (χ0v) is 16.3. The summed E-state index contributed by atoms with van der Waals surface area (Å²) >= 11 is 0. The minimum atomic E-state index is -0.704. The molecule has 3 heterocycles. The molecule has 0 unspecified atom stereocenters. The molecule has 4 rings (SSSR count). The van der Waals surface area contributed by atoms with Crippen molar-refractivity contribution in [2.45, 2.75) is 13.0 Å². The summed E-state index contributed by atoms with van der Waals surface area (Å²) in [6.07, 6.45) is 1.71. The number of benzene rings is 1. The molecule has 30 heavy (non-hydrogen) atoms. The van der Waals surface area contributed by atoms with Crippen molar-refractivity contribution >= 4 is 27.9 Å². The van der Waals surface area contributed by atoms with Crippen LogP contribution in [0, 0.1) is 0 Å². The van der Waals surface area contributed by atoms with Gasteiger partial charge in [-0.15, -0.1) is 0 Å². The predicted octanol–water partition coefficient (Wildman–Crippen LogP) is -0.0827. The molecule has 0 aliphatic rings. The van der Waals surface area contributed by atoms with Crippen LogP contribution >= 0.6 is 0 Å². The number of aromatic amines is 1. The van der Waals surface area contributed by atoms with Crippen molar-refractivity contribution in [3.05, 3.63) is 67.5 Å². The van der Waals surface area contributed by atoms with E-state index < -0.39 is 22.8 Å². The van der Waals surface area contributed by atoms with Gasteiger partial charge >= 0.3 is 11.7 Å². The van der Waals surface area contributed by atoms with E-state index in [1.807, 2.05) is 0 Å². The highest BCUT2D eigenvalue weighted by Gasteiger charge is 2.17. The smallest absolute Gasteiger partial charge is 0.359 e. The Morgan fingerprint density at radius 3 is 2.63 bits per heavy atom. The summed E-state index contributed by atoms with van der Waals surface area (Å²) in [7, 11) is 3.22. The van der Waals surface area contributed by atoms with Gasteiger partial charge < -0.3 is 9.30 Å². The third-order valence-corrected chi connectivity index (χ3v) is 4.85. The molecule has 0 saturated carbocycles. The highest BCUT2D eigenvalue weighted by atomic mass is 16.5. The molecule has 0 fully saturated rings. The molecule has 3 aromatic heterocycles. The highest BCUT2D eigenvalue weighted by Crippen LogP contribution is 2.13. The van der Waals surface area contributed by atoms with Gasteiger partial charge in [0.2, 0.25) is 0 Å². The Morgan fingerprint density at radius 1 is 1.13 bits per heavy atom. The number of aromatic nitrogens is 6. The molecule has 0 spiro atoms. The highest BCUT2D eigenvalue weighted by molar-refractivity contribution is 6.01. The maximum Gasteiger partial charge on any atom is 0.359 e. The monoisotopic (exact) mass is 410 g/mol. The van der Waals surface area contributed by atoms with Crippen molar-refractivity contribution in [3.63, 3.8) is 0 Å². The van der Waals surface area contributed by atoms with Gasteiger partial charge in [0.15, 0.2) is 16.9 Å². The molecule has 1 aromatic carbocycles. The lowest BCUT2D eigenvalue weighted by Gasteiger charge is -2.09. The fraction of sp³-hybridized carbons (Fsp3) is 0.263. The largest absolute Gasteiger partial charge is 0.461 e. The van der Waals surface area contributed by atoms with Gasteiger partial charge in [0.1, 0.15) is 0 Å². The molecule has 0 aliphatic heterocycles. The first-order chi connectivity index (χ1) is 14.4. The van der Waals surface area contributed by atoms with Gasteiger partial charge in [0.25, 0.3) is 11.1 Å². The fourth-order valence-corrected chi connectivity index (χ4v) is 3.32. The Hall–Kier alpha value is -4.02. The van der Waals surface area contributed by atoms with Crippen LogP contribution in [0.5, 0.6) is 0 Å². The lowest BCUT2D eigenvalue weighted by Crippen LogP contribution is -2.39. The van der Waals surface area contributed by atoms with E-state index in [9.17, 15) is 19.2 Å². The maximum atomic E-state index is 12.6. The van der Waals surface area contributed by atoms with E-state index in [0.717, 1.165) is 4.57 Å². The lowest BCUT2D eigenvalue weighted by molar-refractivity contribution is 0.0489. The summed E-state index contributed by atoms with van der Waals surface area (Å²) in [5.41, 5.74) is -0.722. The van der Waals surface area contributed by atoms with Crippen molar-refractivity contribution in [2.24, 2.45) is 14.1 Å². The van der Waals surface area contributed by atoms with E-state index in [0.29, 0.717) is 21.9 Å². The first-order valence-corrected chi connectivity index (χ1v) is 9.15. The number of ether oxygens (including phenoxy) is 1. The molecule has 0 radical (unpaired) electrons. The van der Waals surface area contributed by atoms with Gasteiger partial charge in [-0.05, 0) is 12.5 Å². The number of fused-ring (bicyclic) bond motifs is 2. The molecule has 0 bridgehead atoms. The van der Waals surface area contributed by atoms with Gasteiger partial charge in [-0.3, -0.25) is 18.7 Å². The normalized spacial score (nSPS) is 11.3.